The summed E-state index contributed by atoms with van der Waals surface area (Å²) in [6, 6.07) is 0. The van der Waals surface area contributed by atoms with Crippen LogP contribution in [0.5, 0.6) is 0 Å². The average Bonchev–Trinajstić information content (AvgIpc) is 2.96. The lowest BCUT2D eigenvalue weighted by Gasteiger charge is -2.26. The minimum absolute atomic E-state index is 0.0582. The first-order valence-corrected chi connectivity index (χ1v) is 7.42. The van der Waals surface area contributed by atoms with E-state index in [4.69, 9.17) is 9.72 Å². The van der Waals surface area contributed by atoms with E-state index in [1.807, 2.05) is 7.05 Å². The number of likely N-dealkylation sites (N-methyl/N-ethyl adjacent to an activating group) is 1. The van der Waals surface area contributed by atoms with Gasteiger partial charge in [-0.15, -0.1) is 11.3 Å². The van der Waals surface area contributed by atoms with Gasteiger partial charge in [-0.25, -0.2) is 4.98 Å². The van der Waals surface area contributed by atoms with Gasteiger partial charge < -0.3 is 10.1 Å². The highest BCUT2D eigenvalue weighted by Crippen LogP contribution is 2.43. The van der Waals surface area contributed by atoms with Crippen molar-refractivity contribution in [1.82, 2.24) is 10.3 Å². The second-order valence-corrected chi connectivity index (χ2v) is 5.49. The van der Waals surface area contributed by atoms with Crippen molar-refractivity contribution in [2.75, 3.05) is 20.2 Å². The molecule has 2 rings (SSSR count). The van der Waals surface area contributed by atoms with E-state index in [0.29, 0.717) is 0 Å². The molecule has 0 unspecified atom stereocenters. The molecule has 1 saturated carbocycles. The van der Waals surface area contributed by atoms with Crippen molar-refractivity contribution in [1.29, 1.82) is 0 Å². The molecule has 0 bridgehead atoms. The molecular formula is C13H22N2OS. The second kappa shape index (κ2) is 5.94. The first kappa shape index (κ1) is 13.0. The summed E-state index contributed by atoms with van der Waals surface area (Å²) in [5.74, 6) is 0. The lowest BCUT2D eigenvalue weighted by molar-refractivity contribution is -0.0392. The maximum atomic E-state index is 6.03. The van der Waals surface area contributed by atoms with Crippen molar-refractivity contribution in [3.8, 4) is 0 Å². The third-order valence-electron chi connectivity index (χ3n) is 3.40. The van der Waals surface area contributed by atoms with E-state index in [2.05, 4.69) is 17.6 Å². The highest BCUT2D eigenvalue weighted by Gasteiger charge is 2.38. The van der Waals surface area contributed by atoms with Crippen molar-refractivity contribution in [3.63, 3.8) is 0 Å². The maximum absolute atomic E-state index is 6.03. The normalized spacial score (nSPS) is 18.7. The number of ether oxygens (including phenoxy) is 1. The van der Waals surface area contributed by atoms with Crippen molar-refractivity contribution in [2.45, 2.75) is 44.6 Å². The van der Waals surface area contributed by atoms with E-state index in [1.54, 1.807) is 11.3 Å². The second-order valence-electron chi connectivity index (χ2n) is 4.63. The summed E-state index contributed by atoms with van der Waals surface area (Å²) < 4.78 is 6.03. The Kier molecular flexibility index (Phi) is 4.54. The van der Waals surface area contributed by atoms with Gasteiger partial charge in [-0.05, 0) is 26.8 Å². The van der Waals surface area contributed by atoms with Crippen LogP contribution in [0.15, 0.2) is 5.38 Å². The Balaban J connectivity index is 2.10. The van der Waals surface area contributed by atoms with Crippen LogP contribution in [0.2, 0.25) is 0 Å². The Morgan fingerprint density at radius 2 is 2.24 bits per heavy atom. The lowest BCUT2D eigenvalue weighted by Crippen LogP contribution is -2.26. The molecule has 1 N–H and O–H groups in total. The molecule has 96 valence electrons. The third-order valence-corrected chi connectivity index (χ3v) is 4.48. The van der Waals surface area contributed by atoms with Crippen molar-refractivity contribution >= 4 is 11.3 Å². The van der Waals surface area contributed by atoms with Crippen LogP contribution in [0.3, 0.4) is 0 Å². The van der Waals surface area contributed by atoms with Gasteiger partial charge in [0.05, 0.1) is 5.69 Å². The quantitative estimate of drug-likeness (QED) is 0.847. The summed E-state index contributed by atoms with van der Waals surface area (Å²) in [5, 5.41) is 6.55. The minimum Gasteiger partial charge on any atom is -0.368 e. The number of rotatable bonds is 6. The van der Waals surface area contributed by atoms with Crippen molar-refractivity contribution < 1.29 is 4.74 Å². The maximum Gasteiger partial charge on any atom is 0.125 e. The molecule has 1 aromatic rings. The minimum atomic E-state index is -0.0582. The molecule has 0 spiro atoms. The third kappa shape index (κ3) is 2.87. The van der Waals surface area contributed by atoms with Gasteiger partial charge in [0, 0.05) is 25.0 Å². The molecule has 3 nitrogen and oxygen atoms in total. The monoisotopic (exact) mass is 254 g/mol. The number of nitrogens with one attached hydrogen (secondary N) is 1. The van der Waals surface area contributed by atoms with E-state index in [9.17, 15) is 0 Å². The summed E-state index contributed by atoms with van der Waals surface area (Å²) in [7, 11) is 1.98. The van der Waals surface area contributed by atoms with Crippen LogP contribution in [0.4, 0.5) is 0 Å². The number of hydrogen-bond acceptors (Lipinski definition) is 4. The average molecular weight is 254 g/mol. The predicted octanol–water partition coefficient (Wildman–Crippen LogP) is 2.71. The predicted molar refractivity (Wildman–Crippen MR) is 71.5 cm³/mol. The molecule has 0 radical (unpaired) electrons. The Morgan fingerprint density at radius 1 is 1.47 bits per heavy atom. The number of nitrogens with zero attached hydrogens (tertiary/aromatic N) is 1. The largest absolute Gasteiger partial charge is 0.368 e. The Morgan fingerprint density at radius 3 is 2.88 bits per heavy atom. The van der Waals surface area contributed by atoms with Gasteiger partial charge >= 0.3 is 0 Å². The molecule has 1 fully saturated rings. The Labute approximate surface area is 108 Å². The Bertz CT molecular complexity index is 345. The molecule has 0 aliphatic heterocycles. The van der Waals surface area contributed by atoms with Gasteiger partial charge in [-0.2, -0.15) is 0 Å². The topological polar surface area (TPSA) is 34.1 Å². The van der Waals surface area contributed by atoms with E-state index < -0.39 is 0 Å². The molecule has 1 aliphatic carbocycles. The van der Waals surface area contributed by atoms with Gasteiger partial charge in [0.15, 0.2) is 0 Å². The van der Waals surface area contributed by atoms with E-state index in [0.717, 1.165) is 32.4 Å². The van der Waals surface area contributed by atoms with Crippen LogP contribution < -0.4 is 5.32 Å². The lowest BCUT2D eigenvalue weighted by atomic mass is 10.0. The van der Waals surface area contributed by atoms with Crippen LogP contribution in [-0.4, -0.2) is 25.2 Å². The molecular weight excluding hydrogens is 232 g/mol. The Hall–Kier alpha value is -0.450. The van der Waals surface area contributed by atoms with Crippen molar-refractivity contribution in [2.24, 2.45) is 0 Å². The van der Waals surface area contributed by atoms with Crippen LogP contribution in [0, 0.1) is 0 Å². The fourth-order valence-corrected chi connectivity index (χ4v) is 3.59. The molecule has 0 amide bonds. The summed E-state index contributed by atoms with van der Waals surface area (Å²) in [6.45, 7) is 3.85. The molecule has 1 aromatic heterocycles. The zero-order chi connectivity index (χ0) is 12.1. The fraction of sp³-hybridized carbons (Fsp3) is 0.769. The van der Waals surface area contributed by atoms with Crippen LogP contribution >= 0.6 is 11.3 Å². The van der Waals surface area contributed by atoms with Crippen LogP contribution in [0.1, 0.15) is 43.3 Å². The van der Waals surface area contributed by atoms with Crippen LogP contribution in [-0.2, 0) is 16.8 Å². The van der Waals surface area contributed by atoms with Gasteiger partial charge in [-0.1, -0.05) is 12.8 Å². The number of aromatic nitrogens is 1. The molecule has 1 aliphatic rings. The molecule has 0 saturated heterocycles. The first-order valence-electron chi connectivity index (χ1n) is 6.54. The highest BCUT2D eigenvalue weighted by molar-refractivity contribution is 7.09. The molecule has 4 heteroatoms. The zero-order valence-corrected chi connectivity index (χ0v) is 11.6. The molecule has 0 atom stereocenters. The van der Waals surface area contributed by atoms with Gasteiger partial charge in [0.2, 0.25) is 0 Å². The fourth-order valence-electron chi connectivity index (χ4n) is 2.53. The summed E-state index contributed by atoms with van der Waals surface area (Å²) in [4.78, 5) is 4.77. The summed E-state index contributed by atoms with van der Waals surface area (Å²) >= 11 is 1.77. The highest BCUT2D eigenvalue weighted by atomic mass is 32.1. The van der Waals surface area contributed by atoms with Gasteiger partial charge in [-0.3, -0.25) is 0 Å². The number of hydrogen-bond donors (Lipinski definition) is 1. The summed E-state index contributed by atoms with van der Waals surface area (Å²) in [5.41, 5.74) is 1.14. The van der Waals surface area contributed by atoms with Gasteiger partial charge in [0.1, 0.15) is 10.6 Å². The first-order chi connectivity index (χ1) is 8.30. The summed E-state index contributed by atoms with van der Waals surface area (Å²) in [6.07, 6.45) is 5.83. The van der Waals surface area contributed by atoms with Crippen molar-refractivity contribution in [3.05, 3.63) is 16.1 Å². The standard InChI is InChI=1S/C13H22N2OS/c1-3-16-13(7-4-5-8-13)12-15-11(10-17-12)6-9-14-2/h10,14H,3-9H2,1-2H3. The van der Waals surface area contributed by atoms with Gasteiger partial charge in [0.25, 0.3) is 0 Å². The van der Waals surface area contributed by atoms with E-state index >= 15 is 0 Å². The smallest absolute Gasteiger partial charge is 0.125 e. The number of thiazole rings is 1. The molecule has 17 heavy (non-hydrogen) atoms. The van der Waals surface area contributed by atoms with Crippen LogP contribution in [0.25, 0.3) is 0 Å². The zero-order valence-electron chi connectivity index (χ0n) is 10.8. The SMILES string of the molecule is CCOC1(c2nc(CCNC)cs2)CCCC1. The molecule has 0 aromatic carbocycles. The van der Waals surface area contributed by atoms with E-state index in [1.165, 1.54) is 23.5 Å². The molecule has 1 heterocycles. The van der Waals surface area contributed by atoms with E-state index in [-0.39, 0.29) is 5.60 Å².